The summed E-state index contributed by atoms with van der Waals surface area (Å²) in [5.74, 6) is 2.22. The molecule has 1 aromatic heterocycles. The van der Waals surface area contributed by atoms with Crippen molar-refractivity contribution in [3.05, 3.63) is 16.8 Å². The van der Waals surface area contributed by atoms with Crippen LogP contribution in [0.2, 0.25) is 0 Å². The number of rotatable bonds is 7. The molecule has 1 heterocycles. The Morgan fingerprint density at radius 3 is 2.86 bits per heavy atom. The third kappa shape index (κ3) is 4.52. The summed E-state index contributed by atoms with van der Waals surface area (Å²) in [7, 11) is 0. The molecule has 0 N–H and O–H groups in total. The van der Waals surface area contributed by atoms with Gasteiger partial charge in [0.15, 0.2) is 0 Å². The minimum Gasteiger partial charge on any atom is -0.151 e. The van der Waals surface area contributed by atoms with Gasteiger partial charge in [-0.25, -0.2) is 0 Å². The minimum atomic E-state index is 0.917. The predicted molar refractivity (Wildman–Crippen MR) is 68.3 cm³/mol. The third-order valence-electron chi connectivity index (χ3n) is 2.52. The van der Waals surface area contributed by atoms with Gasteiger partial charge in [0.2, 0.25) is 0 Å². The fraction of sp³-hybridized carbons (Fsp3) is 0.667. The van der Waals surface area contributed by atoms with E-state index >= 15 is 0 Å². The van der Waals surface area contributed by atoms with Gasteiger partial charge in [0.25, 0.3) is 0 Å². The Morgan fingerprint density at radius 2 is 2.29 bits per heavy atom. The number of hydrogen-bond acceptors (Lipinski definition) is 2. The van der Waals surface area contributed by atoms with Crippen LogP contribution in [-0.2, 0) is 0 Å². The fourth-order valence-electron chi connectivity index (χ4n) is 1.45. The summed E-state index contributed by atoms with van der Waals surface area (Å²) >= 11 is 3.82. The molecule has 0 aliphatic carbocycles. The van der Waals surface area contributed by atoms with Crippen molar-refractivity contribution in [1.82, 2.24) is 0 Å². The van der Waals surface area contributed by atoms with Crippen molar-refractivity contribution in [2.45, 2.75) is 44.4 Å². The van der Waals surface area contributed by atoms with Crippen LogP contribution < -0.4 is 0 Å². The molecule has 80 valence electrons. The smallest absolute Gasteiger partial charge is 0.0179 e. The molecular formula is C12H20S2. The Hall–Kier alpha value is 0.0500. The second-order valence-corrected chi connectivity index (χ2v) is 5.56. The van der Waals surface area contributed by atoms with Crippen molar-refractivity contribution in [1.29, 1.82) is 0 Å². The highest BCUT2D eigenvalue weighted by molar-refractivity contribution is 7.99. The first-order chi connectivity index (χ1) is 6.86. The van der Waals surface area contributed by atoms with Crippen molar-refractivity contribution >= 4 is 23.1 Å². The van der Waals surface area contributed by atoms with E-state index in [-0.39, 0.29) is 0 Å². The zero-order chi connectivity index (χ0) is 10.2. The quantitative estimate of drug-likeness (QED) is 0.588. The molecule has 1 rings (SSSR count). The first-order valence-electron chi connectivity index (χ1n) is 5.51. The maximum Gasteiger partial charge on any atom is 0.0179 e. The van der Waals surface area contributed by atoms with Crippen LogP contribution in [0.1, 0.15) is 39.5 Å². The van der Waals surface area contributed by atoms with Gasteiger partial charge in [0.05, 0.1) is 0 Å². The van der Waals surface area contributed by atoms with E-state index in [0.29, 0.717) is 0 Å². The molecule has 0 radical (unpaired) electrons. The van der Waals surface area contributed by atoms with E-state index in [1.54, 1.807) is 11.3 Å². The SMILES string of the molecule is CCCCC(CC)CSc1ccsc1. The Morgan fingerprint density at radius 1 is 1.43 bits per heavy atom. The molecule has 1 unspecified atom stereocenters. The number of thioether (sulfide) groups is 1. The molecule has 0 aliphatic heterocycles. The first-order valence-corrected chi connectivity index (χ1v) is 7.44. The van der Waals surface area contributed by atoms with Crippen molar-refractivity contribution < 1.29 is 0 Å². The average Bonchev–Trinajstić information content (AvgIpc) is 2.71. The van der Waals surface area contributed by atoms with Crippen molar-refractivity contribution in [2.75, 3.05) is 5.75 Å². The van der Waals surface area contributed by atoms with Crippen LogP contribution in [0.15, 0.2) is 21.7 Å². The van der Waals surface area contributed by atoms with Gasteiger partial charge in [-0.05, 0) is 23.8 Å². The maximum absolute atomic E-state index is 2.31. The molecule has 14 heavy (non-hydrogen) atoms. The molecule has 0 aromatic carbocycles. The van der Waals surface area contributed by atoms with Crippen LogP contribution in [-0.4, -0.2) is 5.75 Å². The van der Waals surface area contributed by atoms with Gasteiger partial charge in [-0.3, -0.25) is 0 Å². The lowest BCUT2D eigenvalue weighted by Crippen LogP contribution is -2.01. The molecule has 0 spiro atoms. The number of thiophene rings is 1. The van der Waals surface area contributed by atoms with E-state index in [1.165, 1.54) is 36.3 Å². The molecule has 2 heteroatoms. The first kappa shape index (κ1) is 12.1. The van der Waals surface area contributed by atoms with E-state index in [4.69, 9.17) is 0 Å². The van der Waals surface area contributed by atoms with Gasteiger partial charge in [-0.2, -0.15) is 11.3 Å². The summed E-state index contributed by atoms with van der Waals surface area (Å²) in [6, 6.07) is 2.22. The van der Waals surface area contributed by atoms with E-state index in [0.717, 1.165) is 5.92 Å². The predicted octanol–water partition coefficient (Wildman–Crippen LogP) is 5.06. The average molecular weight is 228 g/mol. The van der Waals surface area contributed by atoms with E-state index in [2.05, 4.69) is 30.7 Å². The Bertz CT molecular complexity index is 216. The molecular weight excluding hydrogens is 208 g/mol. The Balaban J connectivity index is 2.20. The largest absolute Gasteiger partial charge is 0.151 e. The second-order valence-electron chi connectivity index (χ2n) is 3.69. The molecule has 1 atom stereocenters. The van der Waals surface area contributed by atoms with Crippen LogP contribution in [0, 0.1) is 5.92 Å². The highest BCUT2D eigenvalue weighted by Crippen LogP contribution is 2.26. The molecule has 0 saturated carbocycles. The van der Waals surface area contributed by atoms with Crippen molar-refractivity contribution in [2.24, 2.45) is 5.92 Å². The highest BCUT2D eigenvalue weighted by atomic mass is 32.2. The fourth-order valence-corrected chi connectivity index (χ4v) is 3.48. The van der Waals surface area contributed by atoms with E-state index in [1.807, 2.05) is 11.8 Å². The van der Waals surface area contributed by atoms with Gasteiger partial charge >= 0.3 is 0 Å². The normalized spacial score (nSPS) is 13.0. The van der Waals surface area contributed by atoms with Gasteiger partial charge in [-0.15, -0.1) is 11.8 Å². The summed E-state index contributed by atoms with van der Waals surface area (Å²) in [6.07, 6.45) is 5.46. The molecule has 0 nitrogen and oxygen atoms in total. The van der Waals surface area contributed by atoms with Crippen LogP contribution in [0.5, 0.6) is 0 Å². The topological polar surface area (TPSA) is 0 Å². The third-order valence-corrected chi connectivity index (χ3v) is 4.58. The zero-order valence-corrected chi connectivity index (χ0v) is 10.8. The second kappa shape index (κ2) is 7.36. The van der Waals surface area contributed by atoms with Crippen molar-refractivity contribution in [3.8, 4) is 0 Å². The summed E-state index contributed by atoms with van der Waals surface area (Å²) in [5, 5.41) is 4.41. The van der Waals surface area contributed by atoms with Crippen LogP contribution in [0.25, 0.3) is 0 Å². The standard InChI is InChI=1S/C12H20S2/c1-3-5-6-11(4-2)9-14-12-7-8-13-10-12/h7-8,10-11H,3-6,9H2,1-2H3. The lowest BCUT2D eigenvalue weighted by atomic mass is 10.0. The summed E-state index contributed by atoms with van der Waals surface area (Å²) in [5.41, 5.74) is 0. The van der Waals surface area contributed by atoms with Gasteiger partial charge in [-0.1, -0.05) is 33.1 Å². The monoisotopic (exact) mass is 228 g/mol. The number of unbranched alkanes of at least 4 members (excludes halogenated alkanes) is 1. The molecule has 1 aromatic rings. The Kier molecular flexibility index (Phi) is 6.37. The molecule has 0 amide bonds. The van der Waals surface area contributed by atoms with E-state index in [9.17, 15) is 0 Å². The van der Waals surface area contributed by atoms with Gasteiger partial charge < -0.3 is 0 Å². The lowest BCUT2D eigenvalue weighted by Gasteiger charge is -2.12. The summed E-state index contributed by atoms with van der Waals surface area (Å²) in [6.45, 7) is 4.59. The van der Waals surface area contributed by atoms with Gasteiger partial charge in [0.1, 0.15) is 0 Å². The van der Waals surface area contributed by atoms with Crippen molar-refractivity contribution in [3.63, 3.8) is 0 Å². The maximum atomic E-state index is 2.31. The molecule has 0 saturated heterocycles. The molecule has 0 bridgehead atoms. The molecule has 0 aliphatic rings. The highest BCUT2D eigenvalue weighted by Gasteiger charge is 2.06. The zero-order valence-electron chi connectivity index (χ0n) is 9.16. The van der Waals surface area contributed by atoms with Crippen LogP contribution in [0.3, 0.4) is 0 Å². The summed E-state index contributed by atoms with van der Waals surface area (Å²) in [4.78, 5) is 1.45. The van der Waals surface area contributed by atoms with Crippen LogP contribution >= 0.6 is 23.1 Å². The lowest BCUT2D eigenvalue weighted by molar-refractivity contribution is 0.499. The van der Waals surface area contributed by atoms with E-state index < -0.39 is 0 Å². The van der Waals surface area contributed by atoms with Crippen LogP contribution in [0.4, 0.5) is 0 Å². The Labute approximate surface area is 96.1 Å². The van der Waals surface area contributed by atoms with Gasteiger partial charge in [0, 0.05) is 16.0 Å². The number of hydrogen-bond donors (Lipinski definition) is 0. The summed E-state index contributed by atoms with van der Waals surface area (Å²) < 4.78 is 0. The molecule has 0 fully saturated rings. The minimum absolute atomic E-state index is 0.917.